The Morgan fingerprint density at radius 1 is 1.35 bits per heavy atom. The highest BCUT2D eigenvalue weighted by atomic mass is 79.9. The van der Waals surface area contributed by atoms with Crippen molar-refractivity contribution in [3.8, 4) is 0 Å². The molecule has 1 heterocycles. The van der Waals surface area contributed by atoms with Gasteiger partial charge in [0.05, 0.1) is 4.90 Å². The Balaban J connectivity index is 2.18. The number of nitrogens with one attached hydrogen (secondary N) is 1. The third kappa shape index (κ3) is 3.24. The lowest BCUT2D eigenvalue weighted by Gasteiger charge is -2.31. The molecule has 1 N–H and O–H groups in total. The highest BCUT2D eigenvalue weighted by Gasteiger charge is 2.30. The fourth-order valence-electron chi connectivity index (χ4n) is 2.65. The van der Waals surface area contributed by atoms with Crippen LogP contribution in [0.1, 0.15) is 18.4 Å². The number of piperidine rings is 1. The molecule has 1 fully saturated rings. The second kappa shape index (κ2) is 6.56. The second-order valence-electron chi connectivity index (χ2n) is 5.27. The number of hydrogen-bond acceptors (Lipinski definition) is 3. The van der Waals surface area contributed by atoms with Gasteiger partial charge in [-0.2, -0.15) is 4.31 Å². The monoisotopic (exact) mass is 360 g/mol. The molecule has 1 aromatic carbocycles. The summed E-state index contributed by atoms with van der Waals surface area (Å²) < 4.78 is 27.9. The zero-order chi connectivity index (χ0) is 14.8. The van der Waals surface area contributed by atoms with Crippen LogP contribution in [-0.2, 0) is 10.0 Å². The molecule has 1 aromatic rings. The van der Waals surface area contributed by atoms with E-state index < -0.39 is 10.0 Å². The normalized spacial score (nSPS) is 18.4. The van der Waals surface area contributed by atoms with E-state index in [9.17, 15) is 8.42 Å². The Hall–Kier alpha value is -0.430. The summed E-state index contributed by atoms with van der Waals surface area (Å²) in [5, 5.41) is 3.17. The lowest BCUT2D eigenvalue weighted by molar-refractivity contribution is 0.270. The number of benzene rings is 1. The predicted molar refractivity (Wildman–Crippen MR) is 84.3 cm³/mol. The highest BCUT2D eigenvalue weighted by Crippen LogP contribution is 2.28. The van der Waals surface area contributed by atoms with E-state index in [2.05, 4.69) is 21.2 Å². The van der Waals surface area contributed by atoms with Crippen molar-refractivity contribution in [2.24, 2.45) is 5.92 Å². The number of sulfonamides is 1. The van der Waals surface area contributed by atoms with Gasteiger partial charge in [0.15, 0.2) is 0 Å². The van der Waals surface area contributed by atoms with Gasteiger partial charge in [0.2, 0.25) is 10.0 Å². The molecule has 0 aliphatic carbocycles. The molecule has 0 aromatic heterocycles. The molecule has 1 saturated heterocycles. The van der Waals surface area contributed by atoms with Crippen molar-refractivity contribution >= 4 is 26.0 Å². The fourth-order valence-corrected chi connectivity index (χ4v) is 4.86. The first-order chi connectivity index (χ1) is 9.46. The fraction of sp³-hybridized carbons (Fsp3) is 0.571. The topological polar surface area (TPSA) is 49.4 Å². The van der Waals surface area contributed by atoms with Crippen LogP contribution in [0.5, 0.6) is 0 Å². The van der Waals surface area contributed by atoms with Crippen LogP contribution < -0.4 is 5.32 Å². The minimum absolute atomic E-state index is 0.416. The van der Waals surface area contributed by atoms with Crippen LogP contribution in [0.3, 0.4) is 0 Å². The summed E-state index contributed by atoms with van der Waals surface area (Å²) in [4.78, 5) is 0.416. The third-order valence-electron chi connectivity index (χ3n) is 3.90. The Bertz CT molecular complexity index is 567. The van der Waals surface area contributed by atoms with Crippen LogP contribution in [-0.4, -0.2) is 39.4 Å². The average molecular weight is 361 g/mol. The van der Waals surface area contributed by atoms with Crippen LogP contribution in [0.25, 0.3) is 0 Å². The van der Waals surface area contributed by atoms with Gasteiger partial charge in [-0.1, -0.05) is 22.0 Å². The van der Waals surface area contributed by atoms with Gasteiger partial charge in [-0.25, -0.2) is 8.42 Å². The molecule has 0 bridgehead atoms. The van der Waals surface area contributed by atoms with Crippen LogP contribution >= 0.6 is 15.9 Å². The number of halogens is 1. The van der Waals surface area contributed by atoms with Gasteiger partial charge in [0.1, 0.15) is 0 Å². The minimum atomic E-state index is -3.37. The quantitative estimate of drug-likeness (QED) is 0.896. The summed E-state index contributed by atoms with van der Waals surface area (Å²) >= 11 is 3.40. The zero-order valence-corrected chi connectivity index (χ0v) is 14.3. The Morgan fingerprint density at radius 2 is 2.00 bits per heavy atom. The second-order valence-corrected chi connectivity index (χ2v) is 8.03. The van der Waals surface area contributed by atoms with Crippen molar-refractivity contribution in [2.45, 2.75) is 24.7 Å². The van der Waals surface area contributed by atoms with E-state index in [1.807, 2.05) is 20.0 Å². The molecular weight excluding hydrogens is 340 g/mol. The average Bonchev–Trinajstić information content (AvgIpc) is 2.42. The molecule has 1 aliphatic rings. The van der Waals surface area contributed by atoms with Crippen molar-refractivity contribution in [3.63, 3.8) is 0 Å². The summed E-state index contributed by atoms with van der Waals surface area (Å²) in [5.41, 5.74) is 0.782. The van der Waals surface area contributed by atoms with Gasteiger partial charge in [-0.05, 0) is 57.0 Å². The first-order valence-corrected chi connectivity index (χ1v) is 9.10. The lowest BCUT2D eigenvalue weighted by atomic mass is 9.98. The maximum atomic E-state index is 12.7. The van der Waals surface area contributed by atoms with Crippen molar-refractivity contribution < 1.29 is 8.42 Å². The van der Waals surface area contributed by atoms with Crippen molar-refractivity contribution in [2.75, 3.05) is 26.7 Å². The lowest BCUT2D eigenvalue weighted by Crippen LogP contribution is -2.40. The van der Waals surface area contributed by atoms with Crippen LogP contribution in [0.4, 0.5) is 0 Å². The van der Waals surface area contributed by atoms with E-state index in [1.165, 1.54) is 0 Å². The molecule has 4 nitrogen and oxygen atoms in total. The smallest absolute Gasteiger partial charge is 0.243 e. The van der Waals surface area contributed by atoms with Crippen LogP contribution in [0.15, 0.2) is 27.6 Å². The van der Waals surface area contributed by atoms with Crippen molar-refractivity contribution in [1.82, 2.24) is 9.62 Å². The van der Waals surface area contributed by atoms with Gasteiger partial charge in [0.25, 0.3) is 0 Å². The number of nitrogens with zero attached hydrogens (tertiary/aromatic N) is 1. The Kier molecular flexibility index (Phi) is 5.23. The molecule has 20 heavy (non-hydrogen) atoms. The summed E-state index contributed by atoms with van der Waals surface area (Å²) in [6.45, 7) is 4.02. The van der Waals surface area contributed by atoms with Gasteiger partial charge < -0.3 is 5.32 Å². The van der Waals surface area contributed by atoms with E-state index in [0.29, 0.717) is 23.9 Å². The number of rotatable bonds is 4. The first kappa shape index (κ1) is 15.9. The SMILES string of the molecule is CNCC1CCN(S(=O)(=O)c2cccc(Br)c2C)CC1. The molecule has 0 unspecified atom stereocenters. The standard InChI is InChI=1S/C14H21BrN2O2S/c1-11-13(15)4-3-5-14(11)20(18,19)17-8-6-12(7-9-17)10-16-2/h3-5,12,16H,6-10H2,1-2H3. The van der Waals surface area contributed by atoms with Gasteiger partial charge >= 0.3 is 0 Å². The maximum absolute atomic E-state index is 12.7. The van der Waals surface area contributed by atoms with Gasteiger partial charge in [0, 0.05) is 17.6 Å². The molecule has 2 rings (SSSR count). The molecule has 112 valence electrons. The molecule has 0 atom stereocenters. The van der Waals surface area contributed by atoms with E-state index >= 15 is 0 Å². The van der Waals surface area contributed by atoms with Crippen molar-refractivity contribution in [1.29, 1.82) is 0 Å². The maximum Gasteiger partial charge on any atom is 0.243 e. The molecule has 6 heteroatoms. The Labute approximate surface area is 129 Å². The minimum Gasteiger partial charge on any atom is -0.319 e. The summed E-state index contributed by atoms with van der Waals surface area (Å²) in [6.07, 6.45) is 1.85. The van der Waals surface area contributed by atoms with Crippen LogP contribution in [0, 0.1) is 12.8 Å². The van der Waals surface area contributed by atoms with E-state index in [0.717, 1.165) is 29.4 Å². The largest absolute Gasteiger partial charge is 0.319 e. The van der Waals surface area contributed by atoms with Crippen LogP contribution in [0.2, 0.25) is 0 Å². The zero-order valence-electron chi connectivity index (χ0n) is 11.9. The van der Waals surface area contributed by atoms with E-state index in [4.69, 9.17) is 0 Å². The van der Waals surface area contributed by atoms with Gasteiger partial charge in [-0.3, -0.25) is 0 Å². The molecular formula is C14H21BrN2O2S. The van der Waals surface area contributed by atoms with E-state index in [1.54, 1.807) is 16.4 Å². The molecule has 0 saturated carbocycles. The highest BCUT2D eigenvalue weighted by molar-refractivity contribution is 9.10. The Morgan fingerprint density at radius 3 is 2.60 bits per heavy atom. The predicted octanol–water partition coefficient (Wildman–Crippen LogP) is 2.38. The van der Waals surface area contributed by atoms with E-state index in [-0.39, 0.29) is 0 Å². The molecule has 1 aliphatic heterocycles. The van der Waals surface area contributed by atoms with Gasteiger partial charge in [-0.15, -0.1) is 0 Å². The summed E-state index contributed by atoms with van der Waals surface area (Å²) in [6, 6.07) is 5.33. The third-order valence-corrected chi connectivity index (χ3v) is 6.80. The first-order valence-electron chi connectivity index (χ1n) is 6.86. The molecule has 0 radical (unpaired) electrons. The number of hydrogen-bond donors (Lipinski definition) is 1. The molecule has 0 spiro atoms. The summed E-state index contributed by atoms with van der Waals surface area (Å²) in [5.74, 6) is 0.579. The van der Waals surface area contributed by atoms with Crippen molar-refractivity contribution in [3.05, 3.63) is 28.2 Å². The summed E-state index contributed by atoms with van der Waals surface area (Å²) in [7, 11) is -1.43. The molecule has 0 amide bonds.